The van der Waals surface area contributed by atoms with Crippen molar-refractivity contribution in [3.05, 3.63) is 42.1 Å². The van der Waals surface area contributed by atoms with Gasteiger partial charge in [-0.25, -0.2) is 14.5 Å². The van der Waals surface area contributed by atoms with Gasteiger partial charge in [0.15, 0.2) is 5.82 Å². The predicted molar refractivity (Wildman–Crippen MR) is 89.9 cm³/mol. The summed E-state index contributed by atoms with van der Waals surface area (Å²) in [6.07, 6.45) is 6.79. The topological polar surface area (TPSA) is 102 Å². The molecule has 1 aliphatic carbocycles. The maximum Gasteiger partial charge on any atom is 0.315 e. The molecule has 0 aliphatic heterocycles. The van der Waals surface area contributed by atoms with Crippen LogP contribution in [0.5, 0.6) is 0 Å². The van der Waals surface area contributed by atoms with Crippen molar-refractivity contribution in [2.45, 2.75) is 38.3 Å². The van der Waals surface area contributed by atoms with Gasteiger partial charge in [-0.05, 0) is 42.3 Å². The summed E-state index contributed by atoms with van der Waals surface area (Å²) in [7, 11) is 0. The Kier molecular flexibility index (Phi) is 4.04. The third kappa shape index (κ3) is 3.44. The van der Waals surface area contributed by atoms with E-state index in [0.29, 0.717) is 24.8 Å². The fourth-order valence-corrected chi connectivity index (χ4v) is 2.79. The Morgan fingerprint density at radius 1 is 1.40 bits per heavy atom. The molecular formula is C16H20N8O. The molecule has 0 aromatic carbocycles. The Morgan fingerprint density at radius 2 is 2.28 bits per heavy atom. The lowest BCUT2D eigenvalue weighted by molar-refractivity contribution is 0.237. The smallest absolute Gasteiger partial charge is 0.315 e. The zero-order chi connectivity index (χ0) is 17.2. The summed E-state index contributed by atoms with van der Waals surface area (Å²) < 4.78 is 3.77. The lowest BCUT2D eigenvalue weighted by Gasteiger charge is -2.14. The van der Waals surface area contributed by atoms with Crippen molar-refractivity contribution in [3.8, 4) is 0 Å². The molecule has 2 N–H and O–H groups in total. The molecule has 0 saturated heterocycles. The van der Waals surface area contributed by atoms with Crippen molar-refractivity contribution in [1.29, 1.82) is 0 Å². The molecule has 1 saturated carbocycles. The van der Waals surface area contributed by atoms with Crippen molar-refractivity contribution in [2.24, 2.45) is 0 Å². The number of aromatic nitrogens is 6. The normalized spacial score (nSPS) is 15.2. The summed E-state index contributed by atoms with van der Waals surface area (Å²) in [5.41, 5.74) is 1.85. The van der Waals surface area contributed by atoms with E-state index in [1.807, 2.05) is 46.6 Å². The largest absolute Gasteiger partial charge is 0.338 e. The number of nitrogens with zero attached hydrogens (tertiary/aromatic N) is 6. The van der Waals surface area contributed by atoms with E-state index in [-0.39, 0.29) is 12.1 Å². The number of hydrogen-bond acceptors (Lipinski definition) is 5. The molecule has 4 rings (SSSR count). The fraction of sp³-hybridized carbons (Fsp3) is 0.438. The van der Waals surface area contributed by atoms with Gasteiger partial charge in [0.25, 0.3) is 0 Å². The first-order valence-corrected chi connectivity index (χ1v) is 8.45. The Labute approximate surface area is 144 Å². The molecule has 9 nitrogen and oxygen atoms in total. The number of amides is 2. The molecule has 1 fully saturated rings. The van der Waals surface area contributed by atoms with Gasteiger partial charge >= 0.3 is 6.03 Å². The number of pyridine rings is 1. The zero-order valence-electron chi connectivity index (χ0n) is 14.0. The quantitative estimate of drug-likeness (QED) is 0.703. The van der Waals surface area contributed by atoms with Gasteiger partial charge in [0.05, 0.1) is 17.8 Å². The van der Waals surface area contributed by atoms with Crippen molar-refractivity contribution >= 4 is 11.7 Å². The fourth-order valence-electron chi connectivity index (χ4n) is 2.79. The highest BCUT2D eigenvalue weighted by Crippen LogP contribution is 2.35. The van der Waals surface area contributed by atoms with Crippen LogP contribution in [0.2, 0.25) is 0 Å². The Balaban J connectivity index is 1.28. The maximum atomic E-state index is 12.1. The number of carbonyl (C=O) groups excluding carboxylic acids is 1. The van der Waals surface area contributed by atoms with E-state index in [4.69, 9.17) is 0 Å². The van der Waals surface area contributed by atoms with E-state index >= 15 is 0 Å². The van der Waals surface area contributed by atoms with Crippen molar-refractivity contribution in [3.63, 3.8) is 0 Å². The first-order valence-electron chi connectivity index (χ1n) is 8.45. The standard InChI is InChI=1S/C16H20N8O/c1-11(15-20-21-22-24(15)13-5-6-13)18-16(25)17-8-7-12-10-23-9-3-2-4-14(23)19-12/h2-4,9-11,13H,5-8H2,1H3,(H2,17,18,25). The number of carbonyl (C=O) groups is 1. The van der Waals surface area contributed by atoms with Crippen LogP contribution in [-0.4, -0.2) is 42.2 Å². The summed E-state index contributed by atoms with van der Waals surface area (Å²) in [6.45, 7) is 2.39. The minimum Gasteiger partial charge on any atom is -0.338 e. The van der Waals surface area contributed by atoms with Crippen LogP contribution in [0.4, 0.5) is 4.79 Å². The van der Waals surface area contributed by atoms with E-state index in [1.165, 1.54) is 0 Å². The highest BCUT2D eigenvalue weighted by molar-refractivity contribution is 5.74. The summed E-state index contributed by atoms with van der Waals surface area (Å²) >= 11 is 0. The minimum atomic E-state index is -0.245. The zero-order valence-corrected chi connectivity index (χ0v) is 14.0. The lowest BCUT2D eigenvalue weighted by atomic mass is 10.3. The van der Waals surface area contributed by atoms with Crippen LogP contribution < -0.4 is 10.6 Å². The first kappa shape index (κ1) is 15.6. The summed E-state index contributed by atoms with van der Waals surface area (Å²) in [5.74, 6) is 0.693. The van der Waals surface area contributed by atoms with Crippen LogP contribution >= 0.6 is 0 Å². The SMILES string of the molecule is CC(NC(=O)NCCc1cn2ccccc2n1)c1nnnn1C1CC1. The molecule has 9 heteroatoms. The van der Waals surface area contributed by atoms with E-state index in [2.05, 4.69) is 31.1 Å². The van der Waals surface area contributed by atoms with Gasteiger partial charge in [-0.2, -0.15) is 0 Å². The summed E-state index contributed by atoms with van der Waals surface area (Å²) in [5, 5.41) is 17.5. The highest BCUT2D eigenvalue weighted by Gasteiger charge is 2.29. The maximum absolute atomic E-state index is 12.1. The monoisotopic (exact) mass is 340 g/mol. The molecule has 0 spiro atoms. The van der Waals surface area contributed by atoms with Gasteiger partial charge < -0.3 is 15.0 Å². The van der Waals surface area contributed by atoms with Gasteiger partial charge in [-0.1, -0.05) is 6.07 Å². The molecule has 0 bridgehead atoms. The van der Waals surface area contributed by atoms with Gasteiger partial charge in [0.2, 0.25) is 0 Å². The second-order valence-corrected chi connectivity index (χ2v) is 6.28. The highest BCUT2D eigenvalue weighted by atomic mass is 16.2. The number of urea groups is 1. The van der Waals surface area contributed by atoms with Crippen LogP contribution in [0.15, 0.2) is 30.6 Å². The first-order chi connectivity index (χ1) is 12.2. The van der Waals surface area contributed by atoms with Gasteiger partial charge in [-0.15, -0.1) is 5.10 Å². The third-order valence-electron chi connectivity index (χ3n) is 4.23. The molecule has 1 aliphatic rings. The molecule has 1 atom stereocenters. The second-order valence-electron chi connectivity index (χ2n) is 6.28. The molecule has 0 radical (unpaired) electrons. The Bertz CT molecular complexity index is 848. The van der Waals surface area contributed by atoms with Gasteiger partial charge in [0.1, 0.15) is 5.65 Å². The molecule has 3 aromatic heterocycles. The van der Waals surface area contributed by atoms with Crippen molar-refractivity contribution < 1.29 is 4.79 Å². The van der Waals surface area contributed by atoms with Gasteiger partial charge in [-0.3, -0.25) is 0 Å². The average molecular weight is 340 g/mol. The molecule has 3 aromatic rings. The summed E-state index contributed by atoms with van der Waals surface area (Å²) in [6, 6.07) is 5.77. The molecule has 25 heavy (non-hydrogen) atoms. The van der Waals surface area contributed by atoms with E-state index < -0.39 is 0 Å². The predicted octanol–water partition coefficient (Wildman–Crippen LogP) is 1.26. The van der Waals surface area contributed by atoms with Crippen molar-refractivity contribution in [2.75, 3.05) is 6.54 Å². The molecule has 130 valence electrons. The average Bonchev–Trinajstić information content (AvgIpc) is 3.18. The van der Waals surface area contributed by atoms with Crippen LogP contribution in [0, 0.1) is 0 Å². The lowest BCUT2D eigenvalue weighted by Crippen LogP contribution is -2.38. The van der Waals surface area contributed by atoms with Crippen LogP contribution in [0.1, 0.15) is 43.4 Å². The van der Waals surface area contributed by atoms with E-state index in [1.54, 1.807) is 0 Å². The van der Waals surface area contributed by atoms with Crippen LogP contribution in [0.3, 0.4) is 0 Å². The van der Waals surface area contributed by atoms with E-state index in [9.17, 15) is 4.79 Å². The van der Waals surface area contributed by atoms with Gasteiger partial charge in [0, 0.05) is 25.4 Å². The minimum absolute atomic E-state index is 0.235. The number of fused-ring (bicyclic) bond motifs is 1. The molecular weight excluding hydrogens is 320 g/mol. The number of tetrazole rings is 1. The van der Waals surface area contributed by atoms with Crippen molar-refractivity contribution in [1.82, 2.24) is 40.2 Å². The third-order valence-corrected chi connectivity index (χ3v) is 4.23. The number of nitrogens with one attached hydrogen (secondary N) is 2. The van der Waals surface area contributed by atoms with E-state index in [0.717, 1.165) is 24.2 Å². The molecule has 3 heterocycles. The van der Waals surface area contributed by atoms with Crippen LogP contribution in [0.25, 0.3) is 5.65 Å². The second kappa shape index (κ2) is 6.50. The molecule has 2 amide bonds. The number of hydrogen-bond donors (Lipinski definition) is 2. The molecule has 1 unspecified atom stereocenters. The number of rotatable bonds is 6. The summed E-state index contributed by atoms with van der Waals surface area (Å²) in [4.78, 5) is 16.6. The van der Waals surface area contributed by atoms with Crippen LogP contribution in [-0.2, 0) is 6.42 Å². The Hall–Kier alpha value is -2.97. The number of imidazole rings is 1. The Morgan fingerprint density at radius 3 is 3.08 bits per heavy atom.